The van der Waals surface area contributed by atoms with E-state index in [-0.39, 0.29) is 6.04 Å². The van der Waals surface area contributed by atoms with Crippen LogP contribution in [0.5, 0.6) is 0 Å². The van der Waals surface area contributed by atoms with Gasteiger partial charge in [-0.15, -0.1) is 0 Å². The van der Waals surface area contributed by atoms with Gasteiger partial charge in [0.05, 0.1) is 12.2 Å². The van der Waals surface area contributed by atoms with Crippen LogP contribution in [0.2, 0.25) is 5.02 Å². The molecule has 0 bridgehead atoms. The monoisotopic (exact) mass is 313 g/mol. The Labute approximate surface area is 114 Å². The summed E-state index contributed by atoms with van der Waals surface area (Å²) in [6.07, 6.45) is 1.79. The van der Waals surface area contributed by atoms with Gasteiger partial charge >= 0.3 is 0 Å². The van der Waals surface area contributed by atoms with E-state index >= 15 is 0 Å². The summed E-state index contributed by atoms with van der Waals surface area (Å²) >= 11 is 9.68. The molecule has 0 saturated heterocycles. The molecule has 1 aromatic carbocycles. The molecule has 2 aromatic rings. The van der Waals surface area contributed by atoms with Crippen molar-refractivity contribution in [2.75, 3.05) is 0 Å². The Balaban J connectivity index is 2.51. The Bertz CT molecular complexity index is 530. The van der Waals surface area contributed by atoms with E-state index < -0.39 is 0 Å². The van der Waals surface area contributed by atoms with Crippen LogP contribution in [0.1, 0.15) is 22.9 Å². The molecule has 1 aromatic heterocycles. The maximum atomic E-state index is 6.26. The van der Waals surface area contributed by atoms with Crippen LogP contribution in [0.15, 0.2) is 28.9 Å². The highest BCUT2D eigenvalue weighted by molar-refractivity contribution is 9.10. The normalized spacial score (nSPS) is 12.8. The summed E-state index contributed by atoms with van der Waals surface area (Å²) in [5, 5.41) is 4.86. The number of benzene rings is 1. The number of nitrogens with two attached hydrogens (primary N) is 1. The minimum Gasteiger partial charge on any atom is -0.320 e. The van der Waals surface area contributed by atoms with Gasteiger partial charge in [0.2, 0.25) is 0 Å². The van der Waals surface area contributed by atoms with Crippen molar-refractivity contribution >= 4 is 27.5 Å². The zero-order chi connectivity index (χ0) is 12.6. The van der Waals surface area contributed by atoms with Gasteiger partial charge in [0.1, 0.15) is 0 Å². The van der Waals surface area contributed by atoms with Crippen LogP contribution in [0.3, 0.4) is 0 Å². The number of aromatic nitrogens is 2. The van der Waals surface area contributed by atoms with E-state index in [1.54, 1.807) is 10.9 Å². The quantitative estimate of drug-likeness (QED) is 0.925. The Morgan fingerprint density at radius 1 is 1.47 bits per heavy atom. The van der Waals surface area contributed by atoms with Crippen molar-refractivity contribution in [2.24, 2.45) is 12.8 Å². The van der Waals surface area contributed by atoms with Crippen molar-refractivity contribution in [3.05, 3.63) is 50.7 Å². The van der Waals surface area contributed by atoms with Crippen LogP contribution in [0.25, 0.3) is 0 Å². The zero-order valence-electron chi connectivity index (χ0n) is 9.61. The number of rotatable bonds is 2. The summed E-state index contributed by atoms with van der Waals surface area (Å²) in [7, 11) is 1.90. The molecule has 2 N–H and O–H groups in total. The number of aryl methyl sites for hydroxylation is 1. The standard InChI is InChI=1S/C12H13BrClN3/c1-7-8(6-16-17(7)2)12(15)11-9(13)4-3-5-10(11)14/h3-6,12H,15H2,1-2H3. The highest BCUT2D eigenvalue weighted by atomic mass is 79.9. The number of hydrogen-bond donors (Lipinski definition) is 1. The van der Waals surface area contributed by atoms with E-state index in [1.807, 2.05) is 32.2 Å². The van der Waals surface area contributed by atoms with Crippen molar-refractivity contribution in [1.82, 2.24) is 9.78 Å². The maximum Gasteiger partial charge on any atom is 0.0611 e. The first-order chi connectivity index (χ1) is 8.02. The van der Waals surface area contributed by atoms with Gasteiger partial charge < -0.3 is 5.73 Å². The Hall–Kier alpha value is -0.840. The summed E-state index contributed by atoms with van der Waals surface area (Å²) in [4.78, 5) is 0. The first-order valence-electron chi connectivity index (χ1n) is 5.20. The van der Waals surface area contributed by atoms with Crippen LogP contribution in [0.4, 0.5) is 0 Å². The summed E-state index contributed by atoms with van der Waals surface area (Å²) < 4.78 is 2.72. The Kier molecular flexibility index (Phi) is 3.56. The van der Waals surface area contributed by atoms with Crippen LogP contribution in [-0.4, -0.2) is 9.78 Å². The molecule has 0 fully saturated rings. The van der Waals surface area contributed by atoms with Gasteiger partial charge in [-0.05, 0) is 19.1 Å². The van der Waals surface area contributed by atoms with E-state index in [4.69, 9.17) is 17.3 Å². The topological polar surface area (TPSA) is 43.8 Å². The molecule has 0 aliphatic heterocycles. The van der Waals surface area contributed by atoms with Crippen LogP contribution in [-0.2, 0) is 7.05 Å². The molecule has 1 atom stereocenters. The largest absolute Gasteiger partial charge is 0.320 e. The molecule has 1 unspecified atom stereocenters. The number of hydrogen-bond acceptors (Lipinski definition) is 2. The lowest BCUT2D eigenvalue weighted by Crippen LogP contribution is -2.14. The second-order valence-electron chi connectivity index (χ2n) is 3.92. The fraction of sp³-hybridized carbons (Fsp3) is 0.250. The summed E-state index contributed by atoms with van der Waals surface area (Å²) in [6.45, 7) is 1.99. The fourth-order valence-corrected chi connectivity index (χ4v) is 2.80. The highest BCUT2D eigenvalue weighted by Crippen LogP contribution is 2.33. The average Bonchev–Trinajstić information content (AvgIpc) is 2.59. The highest BCUT2D eigenvalue weighted by Gasteiger charge is 2.19. The van der Waals surface area contributed by atoms with Gasteiger partial charge in [-0.3, -0.25) is 4.68 Å². The van der Waals surface area contributed by atoms with E-state index in [2.05, 4.69) is 21.0 Å². The molecule has 90 valence electrons. The first kappa shape index (κ1) is 12.6. The number of nitrogens with zero attached hydrogens (tertiary/aromatic N) is 2. The van der Waals surface area contributed by atoms with E-state index in [0.717, 1.165) is 21.3 Å². The fourth-order valence-electron chi connectivity index (χ4n) is 1.78. The minimum absolute atomic E-state index is 0.272. The molecule has 0 amide bonds. The van der Waals surface area contributed by atoms with Crippen LogP contribution in [0, 0.1) is 6.92 Å². The first-order valence-corrected chi connectivity index (χ1v) is 6.37. The van der Waals surface area contributed by atoms with Gasteiger partial charge in [0, 0.05) is 33.4 Å². The van der Waals surface area contributed by atoms with Crippen molar-refractivity contribution in [3.8, 4) is 0 Å². The maximum absolute atomic E-state index is 6.26. The summed E-state index contributed by atoms with van der Waals surface area (Å²) in [5.74, 6) is 0. The van der Waals surface area contributed by atoms with Gasteiger partial charge in [-0.2, -0.15) is 5.10 Å². The molecule has 0 radical (unpaired) electrons. The molecule has 0 saturated carbocycles. The molecule has 17 heavy (non-hydrogen) atoms. The third-order valence-electron chi connectivity index (χ3n) is 2.92. The van der Waals surface area contributed by atoms with Crippen LogP contribution < -0.4 is 5.73 Å². The lowest BCUT2D eigenvalue weighted by Gasteiger charge is -2.15. The molecular formula is C12H13BrClN3. The minimum atomic E-state index is -0.272. The predicted molar refractivity (Wildman–Crippen MR) is 73.1 cm³/mol. The van der Waals surface area contributed by atoms with E-state index in [9.17, 15) is 0 Å². The molecule has 0 aliphatic rings. The molecule has 3 nitrogen and oxygen atoms in total. The van der Waals surface area contributed by atoms with E-state index in [1.165, 1.54) is 0 Å². The summed E-state index contributed by atoms with van der Waals surface area (Å²) in [6, 6.07) is 5.39. The van der Waals surface area contributed by atoms with Crippen molar-refractivity contribution in [3.63, 3.8) is 0 Å². The predicted octanol–water partition coefficient (Wildman–Crippen LogP) is 3.19. The Morgan fingerprint density at radius 3 is 2.71 bits per heavy atom. The molecule has 0 aliphatic carbocycles. The van der Waals surface area contributed by atoms with Crippen molar-refractivity contribution in [2.45, 2.75) is 13.0 Å². The van der Waals surface area contributed by atoms with Crippen molar-refractivity contribution in [1.29, 1.82) is 0 Å². The zero-order valence-corrected chi connectivity index (χ0v) is 12.0. The average molecular weight is 315 g/mol. The molecule has 0 spiro atoms. The molecular weight excluding hydrogens is 302 g/mol. The molecule has 2 rings (SSSR count). The number of halogens is 2. The van der Waals surface area contributed by atoms with Gasteiger partial charge in [-0.1, -0.05) is 33.6 Å². The van der Waals surface area contributed by atoms with Gasteiger partial charge in [0.25, 0.3) is 0 Å². The van der Waals surface area contributed by atoms with Crippen molar-refractivity contribution < 1.29 is 0 Å². The van der Waals surface area contributed by atoms with Gasteiger partial charge in [0.15, 0.2) is 0 Å². The third kappa shape index (κ3) is 2.25. The third-order valence-corrected chi connectivity index (χ3v) is 3.94. The van der Waals surface area contributed by atoms with Gasteiger partial charge in [-0.25, -0.2) is 0 Å². The Morgan fingerprint density at radius 2 is 2.18 bits per heavy atom. The lowest BCUT2D eigenvalue weighted by molar-refractivity contribution is 0.734. The lowest BCUT2D eigenvalue weighted by atomic mass is 10.0. The van der Waals surface area contributed by atoms with Crippen LogP contribution >= 0.6 is 27.5 Å². The van der Waals surface area contributed by atoms with E-state index in [0.29, 0.717) is 5.02 Å². The molecule has 5 heteroatoms. The second-order valence-corrected chi connectivity index (χ2v) is 5.18. The second kappa shape index (κ2) is 4.80. The smallest absolute Gasteiger partial charge is 0.0611 e. The molecule has 1 heterocycles. The SMILES string of the molecule is Cc1c(C(N)c2c(Cl)cccc2Br)cnn1C. The summed E-state index contributed by atoms with van der Waals surface area (Å²) in [5.41, 5.74) is 9.19.